The molecule has 0 bridgehead atoms. The molecule has 3 aromatic rings. The van der Waals surface area contributed by atoms with Gasteiger partial charge in [-0.25, -0.2) is 4.98 Å². The van der Waals surface area contributed by atoms with Gasteiger partial charge in [0.25, 0.3) is 0 Å². The number of imidazole rings is 1. The Morgan fingerprint density at radius 3 is 2.44 bits per heavy atom. The molecule has 1 aliphatic heterocycles. The highest BCUT2D eigenvalue weighted by Gasteiger charge is 2.48. The van der Waals surface area contributed by atoms with Gasteiger partial charge in [-0.05, 0) is 29.8 Å². The zero-order valence-corrected chi connectivity index (χ0v) is 16.9. The molecule has 4 nitrogen and oxygen atoms in total. The maximum absolute atomic E-state index is 6.44. The Bertz CT molecular complexity index is 910. The number of hydrogen-bond donors (Lipinski definition) is 0. The van der Waals surface area contributed by atoms with Crippen LogP contribution in [-0.2, 0) is 16.9 Å². The van der Waals surface area contributed by atoms with Crippen LogP contribution in [0.3, 0.4) is 0 Å². The molecule has 0 saturated carbocycles. The molecule has 1 aromatic heterocycles. The van der Waals surface area contributed by atoms with Crippen molar-refractivity contribution in [1.29, 1.82) is 0 Å². The molecule has 27 heavy (non-hydrogen) atoms. The van der Waals surface area contributed by atoms with Gasteiger partial charge in [-0.3, -0.25) is 4.84 Å². The molecule has 0 amide bonds. The van der Waals surface area contributed by atoms with E-state index in [1.54, 1.807) is 12.5 Å². The first-order valence-corrected chi connectivity index (χ1v) is 9.69. The Balaban J connectivity index is 1.78. The van der Waals surface area contributed by atoms with Gasteiger partial charge >= 0.3 is 0 Å². The predicted molar refractivity (Wildman–Crippen MR) is 108 cm³/mol. The van der Waals surface area contributed by atoms with Crippen molar-refractivity contribution in [3.63, 3.8) is 0 Å². The molecule has 0 aliphatic carbocycles. The molecule has 1 aliphatic rings. The third-order valence-electron chi connectivity index (χ3n) is 5.12. The number of likely N-dealkylation sites (N-methyl/N-ethyl adjacent to an activating group) is 1. The van der Waals surface area contributed by atoms with Gasteiger partial charge in [-0.15, -0.1) is 0 Å². The second-order valence-corrected chi connectivity index (χ2v) is 7.96. The molecule has 4 rings (SSSR count). The van der Waals surface area contributed by atoms with Crippen LogP contribution in [0, 0.1) is 0 Å². The van der Waals surface area contributed by atoms with Gasteiger partial charge in [0.05, 0.1) is 11.9 Å². The van der Waals surface area contributed by atoms with Gasteiger partial charge in [-0.2, -0.15) is 5.06 Å². The van der Waals surface area contributed by atoms with E-state index >= 15 is 0 Å². The average molecular weight is 423 g/mol. The molecule has 7 heteroatoms. The molecule has 1 fully saturated rings. The van der Waals surface area contributed by atoms with E-state index in [2.05, 4.69) is 4.98 Å². The standard InChI is InChI=1S/C20H18Cl3N3O/c1-25-20(12-26-10-9-24-13-26,14-5-7-15(21)8-6-14)11-18(27-25)19-16(22)3-2-4-17(19)23/h2-10,13,18H,11-12H2,1H3/t18-,20+/m0/s1. The maximum atomic E-state index is 6.44. The van der Waals surface area contributed by atoms with Crippen LogP contribution in [-0.4, -0.2) is 21.7 Å². The Labute approximate surface area is 173 Å². The average Bonchev–Trinajstić information content (AvgIpc) is 3.25. The van der Waals surface area contributed by atoms with E-state index in [-0.39, 0.29) is 6.10 Å². The lowest BCUT2D eigenvalue weighted by molar-refractivity contribution is -0.176. The molecular formula is C20H18Cl3N3O. The molecule has 2 atom stereocenters. The second kappa shape index (κ2) is 7.46. The van der Waals surface area contributed by atoms with Crippen LogP contribution in [0.5, 0.6) is 0 Å². The first-order chi connectivity index (χ1) is 13.0. The number of hydrogen-bond acceptors (Lipinski definition) is 3. The summed E-state index contributed by atoms with van der Waals surface area (Å²) in [5, 5.41) is 3.82. The number of hydroxylamine groups is 2. The van der Waals surface area contributed by atoms with Gasteiger partial charge in [0.2, 0.25) is 0 Å². The number of halogens is 3. The quantitative estimate of drug-likeness (QED) is 0.536. The minimum atomic E-state index is -0.418. The van der Waals surface area contributed by atoms with E-state index < -0.39 is 5.54 Å². The minimum absolute atomic E-state index is 0.254. The Hall–Kier alpha value is -1.56. The monoisotopic (exact) mass is 421 g/mol. The fourth-order valence-electron chi connectivity index (χ4n) is 3.73. The number of rotatable bonds is 4. The lowest BCUT2D eigenvalue weighted by Crippen LogP contribution is -2.41. The van der Waals surface area contributed by atoms with Crippen molar-refractivity contribution in [2.45, 2.75) is 24.6 Å². The summed E-state index contributed by atoms with van der Waals surface area (Å²) in [6, 6.07) is 13.4. The van der Waals surface area contributed by atoms with E-state index in [1.165, 1.54) is 0 Å². The second-order valence-electron chi connectivity index (χ2n) is 6.70. The zero-order valence-electron chi connectivity index (χ0n) is 14.6. The SMILES string of the molecule is CN1O[C@H](c2c(Cl)cccc2Cl)C[C@@]1(Cn1ccnc1)c1ccc(Cl)cc1. The number of nitrogens with zero attached hydrogens (tertiary/aromatic N) is 3. The summed E-state index contributed by atoms with van der Waals surface area (Å²) >= 11 is 19.0. The Kier molecular flexibility index (Phi) is 5.19. The summed E-state index contributed by atoms with van der Waals surface area (Å²) in [7, 11) is 1.94. The largest absolute Gasteiger partial charge is 0.335 e. The van der Waals surface area contributed by atoms with Crippen LogP contribution in [0.4, 0.5) is 0 Å². The summed E-state index contributed by atoms with van der Waals surface area (Å²) in [5.74, 6) is 0. The van der Waals surface area contributed by atoms with Gasteiger partial charge in [0.1, 0.15) is 6.10 Å². The van der Waals surface area contributed by atoms with Crippen molar-refractivity contribution in [2.75, 3.05) is 7.05 Å². The molecule has 0 unspecified atom stereocenters. The summed E-state index contributed by atoms with van der Waals surface area (Å²) in [6.45, 7) is 0.670. The van der Waals surface area contributed by atoms with Gasteiger partial charge < -0.3 is 4.57 Å². The molecule has 2 heterocycles. The highest BCUT2D eigenvalue weighted by atomic mass is 35.5. The highest BCUT2D eigenvalue weighted by Crippen LogP contribution is 2.49. The topological polar surface area (TPSA) is 30.3 Å². The smallest absolute Gasteiger partial charge is 0.109 e. The summed E-state index contributed by atoms with van der Waals surface area (Å²) in [6.07, 6.45) is 5.96. The molecule has 2 aromatic carbocycles. The molecule has 0 radical (unpaired) electrons. The van der Waals surface area contributed by atoms with E-state index in [4.69, 9.17) is 39.6 Å². The van der Waals surface area contributed by atoms with Crippen molar-refractivity contribution < 1.29 is 4.84 Å². The van der Waals surface area contributed by atoms with E-state index in [1.807, 2.05) is 65.3 Å². The number of benzene rings is 2. The molecule has 140 valence electrons. The zero-order chi connectivity index (χ0) is 19.0. The molecular weight excluding hydrogens is 405 g/mol. The summed E-state index contributed by atoms with van der Waals surface area (Å²) in [5.41, 5.74) is 1.50. The third kappa shape index (κ3) is 3.48. The lowest BCUT2D eigenvalue weighted by Gasteiger charge is -2.34. The van der Waals surface area contributed by atoms with Crippen LogP contribution in [0.2, 0.25) is 15.1 Å². The molecule has 1 saturated heterocycles. The van der Waals surface area contributed by atoms with Crippen LogP contribution < -0.4 is 0 Å². The van der Waals surface area contributed by atoms with Crippen molar-refractivity contribution in [2.24, 2.45) is 0 Å². The van der Waals surface area contributed by atoms with Gasteiger partial charge in [0, 0.05) is 53.0 Å². The summed E-state index contributed by atoms with van der Waals surface area (Å²) in [4.78, 5) is 10.4. The Morgan fingerprint density at radius 2 is 1.81 bits per heavy atom. The lowest BCUT2D eigenvalue weighted by atomic mass is 9.83. The minimum Gasteiger partial charge on any atom is -0.335 e. The van der Waals surface area contributed by atoms with Crippen LogP contribution in [0.15, 0.2) is 61.2 Å². The van der Waals surface area contributed by atoms with Crippen molar-refractivity contribution in [3.05, 3.63) is 87.4 Å². The normalized spacial score (nSPS) is 23.0. The molecule has 0 N–H and O–H groups in total. The van der Waals surface area contributed by atoms with E-state index in [0.29, 0.717) is 28.0 Å². The van der Waals surface area contributed by atoms with Gasteiger partial charge in [0.15, 0.2) is 0 Å². The van der Waals surface area contributed by atoms with E-state index in [0.717, 1.165) is 11.1 Å². The Morgan fingerprint density at radius 1 is 1.11 bits per heavy atom. The van der Waals surface area contributed by atoms with Crippen LogP contribution >= 0.6 is 34.8 Å². The first-order valence-electron chi connectivity index (χ1n) is 8.56. The van der Waals surface area contributed by atoms with Crippen LogP contribution in [0.25, 0.3) is 0 Å². The third-order valence-corrected chi connectivity index (χ3v) is 6.03. The summed E-state index contributed by atoms with van der Waals surface area (Å²) < 4.78 is 2.05. The van der Waals surface area contributed by atoms with E-state index in [9.17, 15) is 0 Å². The van der Waals surface area contributed by atoms with Crippen molar-refractivity contribution in [3.8, 4) is 0 Å². The van der Waals surface area contributed by atoms with Gasteiger partial charge in [-0.1, -0.05) is 53.0 Å². The first kappa shape index (κ1) is 18.8. The van der Waals surface area contributed by atoms with Crippen LogP contribution in [0.1, 0.15) is 23.7 Å². The molecule has 0 spiro atoms. The van der Waals surface area contributed by atoms with Crippen molar-refractivity contribution >= 4 is 34.8 Å². The number of aromatic nitrogens is 2. The fraction of sp³-hybridized carbons (Fsp3) is 0.250. The highest BCUT2D eigenvalue weighted by molar-refractivity contribution is 6.36. The van der Waals surface area contributed by atoms with Crippen molar-refractivity contribution in [1.82, 2.24) is 14.6 Å². The predicted octanol–water partition coefficient (Wildman–Crippen LogP) is 5.75. The maximum Gasteiger partial charge on any atom is 0.109 e. The fourth-order valence-corrected chi connectivity index (χ4v) is 4.50.